The molecule has 0 aliphatic rings. The van der Waals surface area contributed by atoms with E-state index in [1.165, 1.54) is 12.1 Å². The summed E-state index contributed by atoms with van der Waals surface area (Å²) < 4.78 is 19.7. The Morgan fingerprint density at radius 1 is 1.33 bits per heavy atom. The predicted octanol–water partition coefficient (Wildman–Crippen LogP) is 4.28. The molecule has 1 heterocycles. The minimum atomic E-state index is -0.426. The van der Waals surface area contributed by atoms with E-state index in [1.54, 1.807) is 18.2 Å². The summed E-state index contributed by atoms with van der Waals surface area (Å²) in [4.78, 5) is 13.7. The molecule has 112 valence electrons. The lowest BCUT2D eigenvalue weighted by atomic mass is 10.2. The summed E-state index contributed by atoms with van der Waals surface area (Å²) in [7, 11) is 1.82. The van der Waals surface area contributed by atoms with Gasteiger partial charge in [0.1, 0.15) is 5.82 Å². The van der Waals surface area contributed by atoms with Crippen molar-refractivity contribution in [3.8, 4) is 0 Å². The van der Waals surface area contributed by atoms with E-state index >= 15 is 0 Å². The van der Waals surface area contributed by atoms with Crippen LogP contribution in [0.1, 0.15) is 24.4 Å². The average Bonchev–Trinajstić information content (AvgIpc) is 2.85. The number of amides is 1. The largest absolute Gasteiger partial charge is 0.444 e. The van der Waals surface area contributed by atoms with E-state index in [2.05, 4.69) is 21.2 Å². The number of benzene rings is 1. The highest BCUT2D eigenvalue weighted by atomic mass is 79.9. The lowest BCUT2D eigenvalue weighted by molar-refractivity contribution is 0.0995. The first-order valence-corrected chi connectivity index (χ1v) is 7.27. The molecule has 2 rings (SSSR count). The molecule has 1 aromatic heterocycles. The smallest absolute Gasteiger partial charge is 0.291 e. The zero-order valence-electron chi connectivity index (χ0n) is 12.0. The molecule has 0 unspecified atom stereocenters. The summed E-state index contributed by atoms with van der Waals surface area (Å²) >= 11 is 3.12. The second-order valence-electron chi connectivity index (χ2n) is 4.93. The molecule has 2 aromatic rings. The van der Waals surface area contributed by atoms with Crippen molar-refractivity contribution in [2.75, 3.05) is 17.3 Å². The zero-order valence-corrected chi connectivity index (χ0v) is 13.6. The molecular formula is C15H16BrFN2O2. The summed E-state index contributed by atoms with van der Waals surface area (Å²) in [5, 5.41) is 2.60. The van der Waals surface area contributed by atoms with Gasteiger partial charge in [0.15, 0.2) is 10.4 Å². The fourth-order valence-corrected chi connectivity index (χ4v) is 2.08. The van der Waals surface area contributed by atoms with Crippen LogP contribution < -0.4 is 10.2 Å². The number of furan rings is 1. The van der Waals surface area contributed by atoms with E-state index in [-0.39, 0.29) is 17.6 Å². The van der Waals surface area contributed by atoms with Crippen LogP contribution in [0.15, 0.2) is 39.4 Å². The Labute approximate surface area is 131 Å². The highest BCUT2D eigenvalue weighted by molar-refractivity contribution is 9.10. The summed E-state index contributed by atoms with van der Waals surface area (Å²) in [5.41, 5.74) is 0.870. The second kappa shape index (κ2) is 6.30. The van der Waals surface area contributed by atoms with Crippen LogP contribution >= 0.6 is 15.9 Å². The monoisotopic (exact) mass is 354 g/mol. The van der Waals surface area contributed by atoms with Gasteiger partial charge in [-0.2, -0.15) is 0 Å². The highest BCUT2D eigenvalue weighted by Crippen LogP contribution is 2.24. The third kappa shape index (κ3) is 3.64. The zero-order chi connectivity index (χ0) is 15.6. The molecule has 21 heavy (non-hydrogen) atoms. The van der Waals surface area contributed by atoms with Gasteiger partial charge in [0.25, 0.3) is 5.91 Å². The number of anilines is 2. The molecular weight excluding hydrogens is 339 g/mol. The molecule has 0 atom stereocenters. The molecule has 0 spiro atoms. The molecule has 0 saturated heterocycles. The molecule has 0 aliphatic heterocycles. The maximum Gasteiger partial charge on any atom is 0.291 e. The van der Waals surface area contributed by atoms with Crippen molar-refractivity contribution in [1.29, 1.82) is 0 Å². The Hall–Kier alpha value is -1.82. The van der Waals surface area contributed by atoms with Gasteiger partial charge in [-0.15, -0.1) is 0 Å². The quantitative estimate of drug-likeness (QED) is 0.891. The van der Waals surface area contributed by atoms with Gasteiger partial charge in [-0.05, 0) is 60.1 Å². The van der Waals surface area contributed by atoms with Crippen LogP contribution in [0.2, 0.25) is 0 Å². The number of halogens is 2. The summed E-state index contributed by atoms with van der Waals surface area (Å²) in [6.45, 7) is 3.95. The summed E-state index contributed by atoms with van der Waals surface area (Å²) in [6, 6.07) is 7.94. The Bertz CT molecular complexity index is 655. The molecule has 0 aliphatic carbocycles. The standard InChI is InChI=1S/C15H16BrFN2O2/c1-9(2)19(3)12-5-4-10(8-11(12)17)18-15(20)13-6-7-14(16)21-13/h4-9H,1-3H3,(H,18,20). The molecule has 1 amide bonds. The number of rotatable bonds is 4. The van der Waals surface area contributed by atoms with Crippen molar-refractivity contribution in [2.45, 2.75) is 19.9 Å². The Morgan fingerprint density at radius 3 is 2.57 bits per heavy atom. The number of nitrogens with zero attached hydrogens (tertiary/aromatic N) is 1. The fourth-order valence-electron chi connectivity index (χ4n) is 1.78. The lowest BCUT2D eigenvalue weighted by Crippen LogP contribution is -2.26. The first-order chi connectivity index (χ1) is 9.88. The second-order valence-corrected chi connectivity index (χ2v) is 5.71. The first kappa shape index (κ1) is 15.6. The van der Waals surface area contributed by atoms with Crippen LogP contribution in [0.5, 0.6) is 0 Å². The molecule has 6 heteroatoms. The summed E-state index contributed by atoms with van der Waals surface area (Å²) in [5.74, 6) is -0.652. The normalized spacial score (nSPS) is 10.8. The first-order valence-electron chi connectivity index (χ1n) is 6.47. The van der Waals surface area contributed by atoms with E-state index in [1.807, 2.05) is 25.8 Å². The third-order valence-corrected chi connectivity index (χ3v) is 3.58. The van der Waals surface area contributed by atoms with Gasteiger partial charge in [-0.1, -0.05) is 0 Å². The van der Waals surface area contributed by atoms with Crippen molar-refractivity contribution < 1.29 is 13.6 Å². The van der Waals surface area contributed by atoms with Gasteiger partial charge in [0, 0.05) is 18.8 Å². The summed E-state index contributed by atoms with van der Waals surface area (Å²) in [6.07, 6.45) is 0. The van der Waals surface area contributed by atoms with Crippen molar-refractivity contribution in [2.24, 2.45) is 0 Å². The van der Waals surface area contributed by atoms with Crippen LogP contribution in [0.4, 0.5) is 15.8 Å². The Morgan fingerprint density at radius 2 is 2.05 bits per heavy atom. The minimum Gasteiger partial charge on any atom is -0.444 e. The number of nitrogens with one attached hydrogen (secondary N) is 1. The van der Waals surface area contributed by atoms with Gasteiger partial charge in [-0.25, -0.2) is 4.39 Å². The average molecular weight is 355 g/mol. The van der Waals surface area contributed by atoms with Crippen molar-refractivity contribution >= 4 is 33.2 Å². The Balaban J connectivity index is 2.15. The topological polar surface area (TPSA) is 45.5 Å². The van der Waals surface area contributed by atoms with Gasteiger partial charge in [-0.3, -0.25) is 4.79 Å². The number of carbonyl (C=O) groups is 1. The van der Waals surface area contributed by atoms with Crippen molar-refractivity contribution in [3.05, 3.63) is 46.6 Å². The molecule has 0 bridgehead atoms. The molecule has 1 N–H and O–H groups in total. The van der Waals surface area contributed by atoms with Gasteiger partial charge in [0.2, 0.25) is 0 Å². The number of carbonyl (C=O) groups excluding carboxylic acids is 1. The van der Waals surface area contributed by atoms with Gasteiger partial charge < -0.3 is 14.6 Å². The van der Waals surface area contributed by atoms with E-state index in [9.17, 15) is 9.18 Å². The predicted molar refractivity (Wildman–Crippen MR) is 84.3 cm³/mol. The fraction of sp³-hybridized carbons (Fsp3) is 0.267. The Kier molecular flexibility index (Phi) is 4.67. The van der Waals surface area contributed by atoms with Crippen LogP contribution in [-0.2, 0) is 0 Å². The minimum absolute atomic E-state index is 0.158. The van der Waals surface area contributed by atoms with Crippen molar-refractivity contribution in [1.82, 2.24) is 0 Å². The van der Waals surface area contributed by atoms with E-state index < -0.39 is 5.91 Å². The van der Waals surface area contributed by atoms with Crippen LogP contribution in [0.25, 0.3) is 0 Å². The van der Waals surface area contributed by atoms with Crippen molar-refractivity contribution in [3.63, 3.8) is 0 Å². The molecule has 4 nitrogen and oxygen atoms in total. The number of hydrogen-bond acceptors (Lipinski definition) is 3. The highest BCUT2D eigenvalue weighted by Gasteiger charge is 2.14. The van der Waals surface area contributed by atoms with Gasteiger partial charge >= 0.3 is 0 Å². The maximum absolute atomic E-state index is 14.1. The lowest BCUT2D eigenvalue weighted by Gasteiger charge is -2.24. The van der Waals surface area contributed by atoms with Crippen LogP contribution in [0.3, 0.4) is 0 Å². The van der Waals surface area contributed by atoms with E-state index in [4.69, 9.17) is 4.42 Å². The van der Waals surface area contributed by atoms with Gasteiger partial charge in [0.05, 0.1) is 5.69 Å². The third-order valence-electron chi connectivity index (χ3n) is 3.16. The number of hydrogen-bond donors (Lipinski definition) is 1. The van der Waals surface area contributed by atoms with E-state index in [0.29, 0.717) is 16.0 Å². The maximum atomic E-state index is 14.1. The molecule has 0 radical (unpaired) electrons. The molecule has 1 aromatic carbocycles. The van der Waals surface area contributed by atoms with E-state index in [0.717, 1.165) is 0 Å². The van der Waals surface area contributed by atoms with Crippen LogP contribution in [0, 0.1) is 5.82 Å². The molecule has 0 saturated carbocycles. The SMILES string of the molecule is CC(C)N(C)c1ccc(NC(=O)c2ccc(Br)o2)cc1F. The van der Waals surface area contributed by atoms with Crippen LogP contribution in [-0.4, -0.2) is 19.0 Å². The molecule has 0 fully saturated rings.